The summed E-state index contributed by atoms with van der Waals surface area (Å²) in [5, 5.41) is 6.23. The van der Waals surface area contributed by atoms with Crippen molar-refractivity contribution in [1.29, 1.82) is 0 Å². The van der Waals surface area contributed by atoms with Crippen molar-refractivity contribution >= 4 is 30.7 Å². The van der Waals surface area contributed by atoms with Gasteiger partial charge in [0.05, 0.1) is 18.0 Å². The Kier molecular flexibility index (Phi) is 9.61. The molecule has 0 unspecified atom stereocenters. The van der Waals surface area contributed by atoms with E-state index in [1.807, 2.05) is 6.07 Å². The maximum atomic E-state index is 12.5. The summed E-state index contributed by atoms with van der Waals surface area (Å²) in [4.78, 5) is 31.8. The molecular weight excluding hydrogens is 403 g/mol. The lowest BCUT2D eigenvalue weighted by Gasteiger charge is -2.37. The van der Waals surface area contributed by atoms with Gasteiger partial charge in [0.25, 0.3) is 11.5 Å². The number of H-pyrrole nitrogens is 1. The highest BCUT2D eigenvalue weighted by Crippen LogP contribution is 2.28. The van der Waals surface area contributed by atoms with Crippen LogP contribution in [0, 0.1) is 5.41 Å². The Morgan fingerprint density at radius 1 is 1.21 bits per heavy atom. The van der Waals surface area contributed by atoms with Gasteiger partial charge in [0.2, 0.25) is 0 Å². The molecule has 0 aliphatic carbocycles. The molecule has 1 aliphatic heterocycles. The highest BCUT2D eigenvalue weighted by atomic mass is 35.5. The number of pyridine rings is 2. The number of carbonyl (C=O) groups excluding carboxylic acids is 1. The topological polar surface area (TPSA) is 96.1 Å². The third-order valence-corrected chi connectivity index (χ3v) is 4.83. The summed E-state index contributed by atoms with van der Waals surface area (Å²) in [6.45, 7) is 2.88. The molecule has 0 radical (unpaired) electrons. The molecule has 0 spiro atoms. The summed E-state index contributed by atoms with van der Waals surface area (Å²) >= 11 is 0. The molecule has 154 valence electrons. The summed E-state index contributed by atoms with van der Waals surface area (Å²) < 4.78 is 5.36. The van der Waals surface area contributed by atoms with E-state index in [1.54, 1.807) is 37.6 Å². The molecule has 28 heavy (non-hydrogen) atoms. The van der Waals surface area contributed by atoms with Crippen molar-refractivity contribution in [3.05, 3.63) is 52.4 Å². The van der Waals surface area contributed by atoms with E-state index in [0.29, 0.717) is 24.5 Å². The number of hydrogen-bond acceptors (Lipinski definition) is 5. The van der Waals surface area contributed by atoms with Gasteiger partial charge in [-0.25, -0.2) is 0 Å². The number of aromatic nitrogens is 2. The van der Waals surface area contributed by atoms with Crippen LogP contribution in [0.1, 0.15) is 23.2 Å². The third-order valence-electron chi connectivity index (χ3n) is 4.83. The number of nitrogens with one attached hydrogen (secondary N) is 3. The number of amides is 1. The Labute approximate surface area is 176 Å². The minimum absolute atomic E-state index is 0. The zero-order valence-corrected chi connectivity index (χ0v) is 17.3. The van der Waals surface area contributed by atoms with Gasteiger partial charge < -0.3 is 20.4 Å². The lowest BCUT2D eigenvalue weighted by molar-refractivity contribution is 0.0511. The first-order valence-corrected chi connectivity index (χ1v) is 8.76. The number of methoxy groups -OCH3 is 1. The van der Waals surface area contributed by atoms with Crippen LogP contribution in [0.15, 0.2) is 41.3 Å². The van der Waals surface area contributed by atoms with Gasteiger partial charge >= 0.3 is 0 Å². The molecule has 1 amide bonds. The van der Waals surface area contributed by atoms with Crippen molar-refractivity contribution in [3.63, 3.8) is 0 Å². The van der Waals surface area contributed by atoms with Crippen LogP contribution in [0.4, 0.5) is 0 Å². The Bertz CT molecular complexity index is 803. The molecule has 2 aromatic heterocycles. The Hall–Kier alpha value is -1.93. The molecule has 3 heterocycles. The fraction of sp³-hybridized carbons (Fsp3) is 0.421. The second-order valence-electron chi connectivity index (χ2n) is 6.70. The lowest BCUT2D eigenvalue weighted by Crippen LogP contribution is -2.47. The molecule has 1 saturated heterocycles. The molecule has 2 aromatic rings. The average molecular weight is 429 g/mol. The molecule has 1 fully saturated rings. The van der Waals surface area contributed by atoms with Crippen LogP contribution in [-0.4, -0.2) is 49.2 Å². The molecule has 7 nitrogen and oxygen atoms in total. The van der Waals surface area contributed by atoms with Gasteiger partial charge in [0, 0.05) is 25.3 Å². The number of piperidine rings is 1. The highest BCUT2D eigenvalue weighted by Gasteiger charge is 2.32. The molecule has 3 rings (SSSR count). The summed E-state index contributed by atoms with van der Waals surface area (Å²) in [5.41, 5.74) is 0.839. The van der Waals surface area contributed by atoms with Crippen LogP contribution in [-0.2, 0) is 4.74 Å². The molecule has 1 aliphatic rings. The van der Waals surface area contributed by atoms with E-state index in [2.05, 4.69) is 20.6 Å². The fourth-order valence-electron chi connectivity index (χ4n) is 3.32. The smallest absolute Gasteiger partial charge is 0.261 e. The van der Waals surface area contributed by atoms with E-state index >= 15 is 0 Å². The maximum absolute atomic E-state index is 12.5. The summed E-state index contributed by atoms with van der Waals surface area (Å²) in [6, 6.07) is 8.70. The molecule has 0 aromatic carbocycles. The molecule has 9 heteroatoms. The number of rotatable bonds is 6. The number of carbonyl (C=O) groups is 1. The molecule has 0 atom stereocenters. The number of halogens is 2. The van der Waals surface area contributed by atoms with Gasteiger partial charge in [0.15, 0.2) is 0 Å². The quantitative estimate of drug-likeness (QED) is 0.653. The van der Waals surface area contributed by atoms with E-state index in [1.165, 1.54) is 0 Å². The Balaban J connectivity index is 0.00000196. The van der Waals surface area contributed by atoms with Gasteiger partial charge in [-0.2, -0.15) is 0 Å². The number of ether oxygens (including phenoxy) is 1. The van der Waals surface area contributed by atoms with Crippen LogP contribution in [0.25, 0.3) is 11.4 Å². The maximum Gasteiger partial charge on any atom is 0.261 e. The minimum Gasteiger partial charge on any atom is -0.384 e. The van der Waals surface area contributed by atoms with Gasteiger partial charge in [-0.1, -0.05) is 6.07 Å². The Morgan fingerprint density at radius 3 is 2.57 bits per heavy atom. The predicted octanol–water partition coefficient (Wildman–Crippen LogP) is 2.03. The van der Waals surface area contributed by atoms with Crippen molar-refractivity contribution in [2.75, 3.05) is 33.4 Å². The highest BCUT2D eigenvalue weighted by molar-refractivity contribution is 5.94. The normalized spacial score (nSPS) is 15.0. The minimum atomic E-state index is -0.420. The summed E-state index contributed by atoms with van der Waals surface area (Å²) in [6.07, 6.45) is 3.51. The van der Waals surface area contributed by atoms with Crippen LogP contribution in [0.3, 0.4) is 0 Å². The SMILES string of the molecule is COCC1(CNC(=O)c2ccc(-c3ccccn3)[nH]c2=O)CCNCC1.Cl.Cl. The van der Waals surface area contributed by atoms with E-state index < -0.39 is 5.56 Å². The van der Waals surface area contributed by atoms with Crippen LogP contribution < -0.4 is 16.2 Å². The summed E-state index contributed by atoms with van der Waals surface area (Å²) in [5.74, 6) is -0.368. The van der Waals surface area contributed by atoms with Gasteiger partial charge in [0.1, 0.15) is 5.56 Å². The third kappa shape index (κ3) is 5.78. The second kappa shape index (κ2) is 11.2. The Morgan fingerprint density at radius 2 is 1.96 bits per heavy atom. The largest absolute Gasteiger partial charge is 0.384 e. The van der Waals surface area contributed by atoms with E-state index in [-0.39, 0.29) is 41.7 Å². The number of aromatic amines is 1. The first-order valence-electron chi connectivity index (χ1n) is 8.76. The van der Waals surface area contributed by atoms with Crippen LogP contribution >= 0.6 is 24.8 Å². The van der Waals surface area contributed by atoms with E-state index in [4.69, 9.17) is 4.74 Å². The second-order valence-corrected chi connectivity index (χ2v) is 6.70. The van der Waals surface area contributed by atoms with Gasteiger partial charge in [-0.3, -0.25) is 14.6 Å². The summed E-state index contributed by atoms with van der Waals surface area (Å²) in [7, 11) is 1.67. The van der Waals surface area contributed by atoms with Gasteiger partial charge in [-0.15, -0.1) is 24.8 Å². The zero-order chi connectivity index (χ0) is 18.4. The number of nitrogens with zero attached hydrogens (tertiary/aromatic N) is 1. The number of hydrogen-bond donors (Lipinski definition) is 3. The molecule has 0 saturated carbocycles. The van der Waals surface area contributed by atoms with Crippen LogP contribution in [0.2, 0.25) is 0 Å². The molecular formula is C19H26Cl2N4O3. The average Bonchev–Trinajstić information content (AvgIpc) is 2.68. The van der Waals surface area contributed by atoms with Crippen molar-refractivity contribution in [1.82, 2.24) is 20.6 Å². The monoisotopic (exact) mass is 428 g/mol. The van der Waals surface area contributed by atoms with Crippen molar-refractivity contribution in [3.8, 4) is 11.4 Å². The predicted molar refractivity (Wildman–Crippen MR) is 114 cm³/mol. The van der Waals surface area contributed by atoms with E-state index in [0.717, 1.165) is 25.9 Å². The standard InChI is InChI=1S/C19H24N4O3.2ClH/c1-26-13-19(7-10-20-11-8-19)12-22-17(24)14-5-6-16(23-18(14)25)15-4-2-3-9-21-15;;/h2-6,9,20H,7-8,10-13H2,1H3,(H,22,24)(H,23,25);2*1H. The van der Waals surface area contributed by atoms with Crippen molar-refractivity contribution in [2.24, 2.45) is 5.41 Å². The fourth-order valence-corrected chi connectivity index (χ4v) is 3.32. The van der Waals surface area contributed by atoms with Crippen LogP contribution in [0.5, 0.6) is 0 Å². The molecule has 3 N–H and O–H groups in total. The first kappa shape index (κ1) is 24.1. The van der Waals surface area contributed by atoms with Crippen molar-refractivity contribution in [2.45, 2.75) is 12.8 Å². The van der Waals surface area contributed by atoms with Gasteiger partial charge in [-0.05, 0) is 50.2 Å². The lowest BCUT2D eigenvalue weighted by atomic mass is 9.79. The molecule has 0 bridgehead atoms. The first-order chi connectivity index (χ1) is 12.6. The van der Waals surface area contributed by atoms with E-state index in [9.17, 15) is 9.59 Å². The zero-order valence-electron chi connectivity index (χ0n) is 15.7. The van der Waals surface area contributed by atoms with Crippen molar-refractivity contribution < 1.29 is 9.53 Å².